The second-order valence-electron chi connectivity index (χ2n) is 4.91. The highest BCUT2D eigenvalue weighted by molar-refractivity contribution is 5.54. The molecular formula is C13H19N3. The molecule has 2 fully saturated rings. The van der Waals surface area contributed by atoms with E-state index in [2.05, 4.69) is 16.3 Å². The van der Waals surface area contributed by atoms with Crippen molar-refractivity contribution in [2.45, 2.75) is 31.3 Å². The quantitative estimate of drug-likeness (QED) is 0.744. The van der Waals surface area contributed by atoms with Crippen LogP contribution in [-0.2, 0) is 0 Å². The maximum absolute atomic E-state index is 5.79. The molecule has 0 bridgehead atoms. The SMILES string of the molecule is Nc1cccc(NC2CCN3CCCC23)c1. The van der Waals surface area contributed by atoms with E-state index < -0.39 is 0 Å². The van der Waals surface area contributed by atoms with Crippen LogP contribution in [0.2, 0.25) is 0 Å². The van der Waals surface area contributed by atoms with Gasteiger partial charge in [-0.2, -0.15) is 0 Å². The largest absolute Gasteiger partial charge is 0.399 e. The van der Waals surface area contributed by atoms with E-state index in [1.54, 1.807) is 0 Å². The van der Waals surface area contributed by atoms with E-state index in [0.29, 0.717) is 6.04 Å². The van der Waals surface area contributed by atoms with E-state index in [1.165, 1.54) is 38.0 Å². The molecule has 3 rings (SSSR count). The molecular weight excluding hydrogens is 198 g/mol. The topological polar surface area (TPSA) is 41.3 Å². The smallest absolute Gasteiger partial charge is 0.0429 e. The number of nitrogens with zero attached hydrogens (tertiary/aromatic N) is 1. The van der Waals surface area contributed by atoms with Crippen LogP contribution in [0.5, 0.6) is 0 Å². The summed E-state index contributed by atoms with van der Waals surface area (Å²) in [6.07, 6.45) is 3.97. The van der Waals surface area contributed by atoms with Gasteiger partial charge in [-0.3, -0.25) is 4.90 Å². The Morgan fingerprint density at radius 3 is 3.06 bits per heavy atom. The highest BCUT2D eigenvalue weighted by atomic mass is 15.2. The Labute approximate surface area is 96.6 Å². The zero-order valence-electron chi connectivity index (χ0n) is 9.52. The molecule has 2 aliphatic heterocycles. The van der Waals surface area contributed by atoms with E-state index in [-0.39, 0.29) is 0 Å². The van der Waals surface area contributed by atoms with Gasteiger partial charge in [0, 0.05) is 30.0 Å². The molecule has 2 atom stereocenters. The van der Waals surface area contributed by atoms with E-state index in [4.69, 9.17) is 5.73 Å². The number of hydrogen-bond acceptors (Lipinski definition) is 3. The molecule has 3 N–H and O–H groups in total. The molecule has 3 heteroatoms. The molecule has 0 spiro atoms. The van der Waals surface area contributed by atoms with E-state index in [9.17, 15) is 0 Å². The zero-order chi connectivity index (χ0) is 11.0. The average molecular weight is 217 g/mol. The predicted molar refractivity (Wildman–Crippen MR) is 67.5 cm³/mol. The summed E-state index contributed by atoms with van der Waals surface area (Å²) < 4.78 is 0. The molecule has 2 unspecified atom stereocenters. The number of benzene rings is 1. The summed E-state index contributed by atoms with van der Waals surface area (Å²) in [5.74, 6) is 0. The van der Waals surface area contributed by atoms with Crippen molar-refractivity contribution in [2.24, 2.45) is 0 Å². The molecule has 0 amide bonds. The summed E-state index contributed by atoms with van der Waals surface area (Å²) in [4.78, 5) is 2.62. The van der Waals surface area contributed by atoms with Crippen molar-refractivity contribution in [3.8, 4) is 0 Å². The van der Waals surface area contributed by atoms with E-state index in [1.807, 2.05) is 18.2 Å². The Bertz CT molecular complexity index is 377. The van der Waals surface area contributed by atoms with Crippen LogP contribution in [0.3, 0.4) is 0 Å². The number of nitrogens with one attached hydrogen (secondary N) is 1. The fourth-order valence-corrected chi connectivity index (χ4v) is 3.09. The van der Waals surface area contributed by atoms with Crippen LogP contribution in [0, 0.1) is 0 Å². The van der Waals surface area contributed by atoms with Gasteiger partial charge in [-0.1, -0.05) is 6.07 Å². The predicted octanol–water partition coefficient (Wildman–Crippen LogP) is 1.92. The molecule has 0 radical (unpaired) electrons. The average Bonchev–Trinajstić information content (AvgIpc) is 2.83. The van der Waals surface area contributed by atoms with Gasteiger partial charge in [0.15, 0.2) is 0 Å². The Balaban J connectivity index is 1.71. The number of rotatable bonds is 2. The monoisotopic (exact) mass is 217 g/mol. The fourth-order valence-electron chi connectivity index (χ4n) is 3.09. The van der Waals surface area contributed by atoms with Gasteiger partial charge in [-0.25, -0.2) is 0 Å². The first-order chi connectivity index (χ1) is 7.83. The maximum Gasteiger partial charge on any atom is 0.0429 e. The van der Waals surface area contributed by atoms with Gasteiger partial charge >= 0.3 is 0 Å². The van der Waals surface area contributed by atoms with Crippen LogP contribution >= 0.6 is 0 Å². The van der Waals surface area contributed by atoms with Crippen LogP contribution in [0.1, 0.15) is 19.3 Å². The molecule has 2 saturated heterocycles. The number of anilines is 2. The third kappa shape index (κ3) is 1.76. The van der Waals surface area contributed by atoms with E-state index in [0.717, 1.165) is 11.7 Å². The minimum Gasteiger partial charge on any atom is -0.399 e. The summed E-state index contributed by atoms with van der Waals surface area (Å²) in [7, 11) is 0. The number of nitrogens with two attached hydrogens (primary N) is 1. The highest BCUT2D eigenvalue weighted by Gasteiger charge is 2.36. The molecule has 1 aromatic rings. The molecule has 3 nitrogen and oxygen atoms in total. The van der Waals surface area contributed by atoms with Crippen molar-refractivity contribution in [1.29, 1.82) is 0 Å². The molecule has 0 aromatic heterocycles. The molecule has 0 aliphatic carbocycles. The lowest BCUT2D eigenvalue weighted by Crippen LogP contribution is -2.33. The highest BCUT2D eigenvalue weighted by Crippen LogP contribution is 2.30. The van der Waals surface area contributed by atoms with Gasteiger partial charge in [0.25, 0.3) is 0 Å². The van der Waals surface area contributed by atoms with Gasteiger partial charge in [0.1, 0.15) is 0 Å². The van der Waals surface area contributed by atoms with Crippen molar-refractivity contribution in [3.05, 3.63) is 24.3 Å². The zero-order valence-corrected chi connectivity index (χ0v) is 9.52. The summed E-state index contributed by atoms with van der Waals surface area (Å²) in [6, 6.07) is 9.44. The van der Waals surface area contributed by atoms with Crippen LogP contribution in [0.25, 0.3) is 0 Å². The Kier molecular flexibility index (Phi) is 2.48. The first kappa shape index (κ1) is 9.97. The van der Waals surface area contributed by atoms with Crippen LogP contribution < -0.4 is 11.1 Å². The molecule has 0 saturated carbocycles. The second kappa shape index (κ2) is 3.98. The second-order valence-corrected chi connectivity index (χ2v) is 4.91. The molecule has 1 aromatic carbocycles. The van der Waals surface area contributed by atoms with Gasteiger partial charge in [-0.15, -0.1) is 0 Å². The van der Waals surface area contributed by atoms with Crippen LogP contribution in [0.15, 0.2) is 24.3 Å². The van der Waals surface area contributed by atoms with Crippen molar-refractivity contribution < 1.29 is 0 Å². The lowest BCUT2D eigenvalue weighted by Gasteiger charge is -2.22. The molecule has 16 heavy (non-hydrogen) atoms. The number of fused-ring (bicyclic) bond motifs is 1. The Morgan fingerprint density at radius 1 is 1.25 bits per heavy atom. The van der Waals surface area contributed by atoms with Crippen molar-refractivity contribution >= 4 is 11.4 Å². The Hall–Kier alpha value is -1.22. The van der Waals surface area contributed by atoms with Crippen molar-refractivity contribution in [3.63, 3.8) is 0 Å². The first-order valence-electron chi connectivity index (χ1n) is 6.19. The third-order valence-corrected chi connectivity index (χ3v) is 3.84. The number of hydrogen-bond donors (Lipinski definition) is 2. The van der Waals surface area contributed by atoms with Gasteiger partial charge in [0.2, 0.25) is 0 Å². The first-order valence-corrected chi connectivity index (χ1v) is 6.19. The summed E-state index contributed by atoms with van der Waals surface area (Å²) in [5.41, 5.74) is 7.79. The van der Waals surface area contributed by atoms with Crippen molar-refractivity contribution in [2.75, 3.05) is 24.1 Å². The van der Waals surface area contributed by atoms with Crippen LogP contribution in [0.4, 0.5) is 11.4 Å². The summed E-state index contributed by atoms with van der Waals surface area (Å²) in [6.45, 7) is 2.55. The standard InChI is InChI=1S/C13H19N3/c14-10-3-1-4-11(9-10)15-12-6-8-16-7-2-5-13(12)16/h1,3-4,9,12-13,15H,2,5-8,14H2. The lowest BCUT2D eigenvalue weighted by molar-refractivity contribution is 0.318. The third-order valence-electron chi connectivity index (χ3n) is 3.84. The summed E-state index contributed by atoms with van der Waals surface area (Å²) in [5, 5.41) is 3.63. The summed E-state index contributed by atoms with van der Waals surface area (Å²) >= 11 is 0. The maximum atomic E-state index is 5.79. The van der Waals surface area contributed by atoms with Crippen LogP contribution in [-0.4, -0.2) is 30.1 Å². The fraction of sp³-hybridized carbons (Fsp3) is 0.538. The Morgan fingerprint density at radius 2 is 2.19 bits per heavy atom. The molecule has 2 aliphatic rings. The molecule has 2 heterocycles. The van der Waals surface area contributed by atoms with E-state index >= 15 is 0 Å². The lowest BCUT2D eigenvalue weighted by atomic mass is 10.1. The minimum absolute atomic E-state index is 0.615. The van der Waals surface area contributed by atoms with Crippen molar-refractivity contribution in [1.82, 2.24) is 4.90 Å². The van der Waals surface area contributed by atoms with Gasteiger partial charge < -0.3 is 11.1 Å². The normalized spacial score (nSPS) is 29.2. The minimum atomic E-state index is 0.615. The van der Waals surface area contributed by atoms with Gasteiger partial charge in [0.05, 0.1) is 0 Å². The number of nitrogen functional groups attached to an aromatic ring is 1. The molecule has 86 valence electrons. The van der Waals surface area contributed by atoms with Gasteiger partial charge in [-0.05, 0) is 44.0 Å².